The Labute approximate surface area is 92.5 Å². The Morgan fingerprint density at radius 1 is 1.33 bits per heavy atom. The highest BCUT2D eigenvalue weighted by Crippen LogP contribution is 2.24. The van der Waals surface area contributed by atoms with E-state index in [1.54, 1.807) is 0 Å². The summed E-state index contributed by atoms with van der Waals surface area (Å²) in [4.78, 5) is 0. The second-order valence-corrected chi connectivity index (χ2v) is 4.61. The molecule has 0 heterocycles. The minimum Gasteiger partial charge on any atom is -0.395 e. The van der Waals surface area contributed by atoms with Crippen molar-refractivity contribution >= 4 is 0 Å². The van der Waals surface area contributed by atoms with Gasteiger partial charge >= 0.3 is 0 Å². The summed E-state index contributed by atoms with van der Waals surface area (Å²) < 4.78 is 0. The number of aryl methyl sites for hydroxylation is 2. The lowest BCUT2D eigenvalue weighted by molar-refractivity contribution is 0.184. The van der Waals surface area contributed by atoms with Crippen LogP contribution in [0.1, 0.15) is 23.6 Å². The van der Waals surface area contributed by atoms with Gasteiger partial charge in [0.05, 0.1) is 6.61 Å². The minimum absolute atomic E-state index is 0.142. The molecule has 1 heteroatoms. The van der Waals surface area contributed by atoms with Crippen molar-refractivity contribution < 1.29 is 5.11 Å². The lowest BCUT2D eigenvalue weighted by Gasteiger charge is -2.23. The third-order valence-electron chi connectivity index (χ3n) is 3.03. The molecule has 0 aliphatic heterocycles. The molecule has 1 unspecified atom stereocenters. The number of rotatable bonds is 4. The van der Waals surface area contributed by atoms with Crippen LogP contribution in [0, 0.1) is 19.3 Å². The Kier molecular flexibility index (Phi) is 3.70. The number of aliphatic hydroxyl groups excluding tert-OH is 1. The second-order valence-electron chi connectivity index (χ2n) is 4.61. The predicted octanol–water partition coefficient (Wildman–Crippen LogP) is 3.03. The normalized spacial score (nSPS) is 14.7. The van der Waals surface area contributed by atoms with Gasteiger partial charge in [-0.25, -0.2) is 0 Å². The second kappa shape index (κ2) is 4.63. The fourth-order valence-corrected chi connectivity index (χ4v) is 1.57. The molecule has 1 nitrogen and oxygen atoms in total. The highest BCUT2D eigenvalue weighted by atomic mass is 16.3. The van der Waals surface area contributed by atoms with Crippen molar-refractivity contribution in [3.8, 4) is 0 Å². The van der Waals surface area contributed by atoms with Gasteiger partial charge in [0.25, 0.3) is 0 Å². The van der Waals surface area contributed by atoms with Crippen LogP contribution in [0.4, 0.5) is 0 Å². The molecule has 1 N–H and O–H groups in total. The smallest absolute Gasteiger partial charge is 0.0522 e. The number of hydrogen-bond donors (Lipinski definition) is 1. The fraction of sp³-hybridized carbons (Fsp3) is 0.429. The van der Waals surface area contributed by atoms with Crippen molar-refractivity contribution in [2.24, 2.45) is 5.41 Å². The van der Waals surface area contributed by atoms with Gasteiger partial charge in [-0.05, 0) is 37.0 Å². The standard InChI is InChI=1S/C14H20O/c1-5-14(4,10-15)9-13-7-6-11(2)12(3)8-13/h5-8,15H,1,9-10H2,2-4H3. The molecule has 0 spiro atoms. The Bertz CT molecular complexity index is 354. The lowest BCUT2D eigenvalue weighted by atomic mass is 9.84. The summed E-state index contributed by atoms with van der Waals surface area (Å²) in [6.07, 6.45) is 2.68. The zero-order valence-electron chi connectivity index (χ0n) is 9.88. The van der Waals surface area contributed by atoms with Gasteiger partial charge in [0.15, 0.2) is 0 Å². The van der Waals surface area contributed by atoms with Gasteiger partial charge in [-0.2, -0.15) is 0 Å². The van der Waals surface area contributed by atoms with Crippen LogP contribution in [-0.4, -0.2) is 11.7 Å². The molecule has 0 radical (unpaired) electrons. The largest absolute Gasteiger partial charge is 0.395 e. The highest BCUT2D eigenvalue weighted by Gasteiger charge is 2.19. The van der Waals surface area contributed by atoms with Crippen molar-refractivity contribution in [3.63, 3.8) is 0 Å². The van der Waals surface area contributed by atoms with Gasteiger partial charge < -0.3 is 5.11 Å². The molecule has 1 aromatic carbocycles. The van der Waals surface area contributed by atoms with Gasteiger partial charge in [0, 0.05) is 5.41 Å². The molecule has 0 amide bonds. The fourth-order valence-electron chi connectivity index (χ4n) is 1.57. The van der Waals surface area contributed by atoms with Crippen LogP contribution in [0.3, 0.4) is 0 Å². The van der Waals surface area contributed by atoms with Crippen molar-refractivity contribution in [1.29, 1.82) is 0 Å². The molecular weight excluding hydrogens is 184 g/mol. The highest BCUT2D eigenvalue weighted by molar-refractivity contribution is 5.30. The molecule has 0 saturated heterocycles. The molecule has 82 valence electrons. The van der Waals surface area contributed by atoms with Crippen LogP contribution in [-0.2, 0) is 6.42 Å². The van der Waals surface area contributed by atoms with E-state index in [0.29, 0.717) is 0 Å². The van der Waals surface area contributed by atoms with E-state index >= 15 is 0 Å². The van der Waals surface area contributed by atoms with Gasteiger partial charge in [0.2, 0.25) is 0 Å². The zero-order valence-corrected chi connectivity index (χ0v) is 9.88. The van der Waals surface area contributed by atoms with Crippen molar-refractivity contribution in [1.82, 2.24) is 0 Å². The summed E-state index contributed by atoms with van der Waals surface area (Å²) in [5.41, 5.74) is 3.66. The molecule has 1 aromatic rings. The van der Waals surface area contributed by atoms with E-state index in [4.69, 9.17) is 0 Å². The van der Waals surface area contributed by atoms with Crippen molar-refractivity contribution in [3.05, 3.63) is 47.5 Å². The first-order valence-electron chi connectivity index (χ1n) is 5.31. The molecule has 1 rings (SSSR count). The van der Waals surface area contributed by atoms with E-state index in [-0.39, 0.29) is 12.0 Å². The van der Waals surface area contributed by atoms with Gasteiger partial charge in [-0.3, -0.25) is 0 Å². The van der Waals surface area contributed by atoms with Crippen LogP contribution < -0.4 is 0 Å². The molecule has 0 aliphatic rings. The Morgan fingerprint density at radius 2 is 2.00 bits per heavy atom. The summed E-state index contributed by atoms with van der Waals surface area (Å²) in [7, 11) is 0. The minimum atomic E-state index is -0.207. The van der Waals surface area contributed by atoms with Gasteiger partial charge in [0.1, 0.15) is 0 Å². The van der Waals surface area contributed by atoms with E-state index < -0.39 is 0 Å². The summed E-state index contributed by atoms with van der Waals surface area (Å²) in [5, 5.41) is 9.30. The quantitative estimate of drug-likeness (QED) is 0.747. The average molecular weight is 204 g/mol. The SMILES string of the molecule is C=CC(C)(CO)Cc1ccc(C)c(C)c1. The van der Waals surface area contributed by atoms with Crippen LogP contribution in [0.5, 0.6) is 0 Å². The number of benzene rings is 1. The summed E-state index contributed by atoms with van der Waals surface area (Å²) in [5.74, 6) is 0. The molecule has 15 heavy (non-hydrogen) atoms. The van der Waals surface area contributed by atoms with E-state index in [9.17, 15) is 5.11 Å². The first-order valence-corrected chi connectivity index (χ1v) is 5.31. The first kappa shape index (κ1) is 12.0. The Morgan fingerprint density at radius 3 is 2.47 bits per heavy atom. The van der Waals surface area contributed by atoms with Crippen molar-refractivity contribution in [2.45, 2.75) is 27.2 Å². The lowest BCUT2D eigenvalue weighted by Crippen LogP contribution is -2.21. The van der Waals surface area contributed by atoms with E-state index in [1.807, 2.05) is 13.0 Å². The molecule has 0 aromatic heterocycles. The van der Waals surface area contributed by atoms with Gasteiger partial charge in [-0.15, -0.1) is 6.58 Å². The Balaban J connectivity index is 2.89. The Hall–Kier alpha value is -1.08. The zero-order chi connectivity index (χ0) is 11.5. The van der Waals surface area contributed by atoms with Crippen LogP contribution >= 0.6 is 0 Å². The maximum atomic E-state index is 9.30. The molecular formula is C14H20O. The molecule has 1 atom stereocenters. The van der Waals surface area contributed by atoms with E-state index in [1.165, 1.54) is 16.7 Å². The maximum Gasteiger partial charge on any atom is 0.0522 e. The summed E-state index contributed by atoms with van der Waals surface area (Å²) in [6.45, 7) is 10.2. The predicted molar refractivity (Wildman–Crippen MR) is 65.0 cm³/mol. The van der Waals surface area contributed by atoms with Gasteiger partial charge in [-0.1, -0.05) is 31.2 Å². The molecule has 0 aliphatic carbocycles. The maximum absolute atomic E-state index is 9.30. The summed E-state index contributed by atoms with van der Waals surface area (Å²) >= 11 is 0. The van der Waals surface area contributed by atoms with E-state index in [0.717, 1.165) is 6.42 Å². The van der Waals surface area contributed by atoms with E-state index in [2.05, 4.69) is 38.6 Å². The molecule has 0 bridgehead atoms. The van der Waals surface area contributed by atoms with Crippen LogP contribution in [0.25, 0.3) is 0 Å². The number of aliphatic hydroxyl groups is 1. The van der Waals surface area contributed by atoms with Crippen LogP contribution in [0.15, 0.2) is 30.9 Å². The monoisotopic (exact) mass is 204 g/mol. The molecule has 0 fully saturated rings. The average Bonchev–Trinajstić information content (AvgIpc) is 2.23. The topological polar surface area (TPSA) is 20.2 Å². The third kappa shape index (κ3) is 2.93. The third-order valence-corrected chi connectivity index (χ3v) is 3.03. The number of hydrogen-bond acceptors (Lipinski definition) is 1. The van der Waals surface area contributed by atoms with Crippen molar-refractivity contribution in [2.75, 3.05) is 6.61 Å². The van der Waals surface area contributed by atoms with Crippen LogP contribution in [0.2, 0.25) is 0 Å². The summed E-state index contributed by atoms with van der Waals surface area (Å²) in [6, 6.07) is 6.44. The first-order chi connectivity index (χ1) is 7.00. The molecule has 0 saturated carbocycles.